The molecule has 32 heavy (non-hydrogen) atoms. The van der Waals surface area contributed by atoms with Crippen molar-refractivity contribution in [1.29, 1.82) is 0 Å². The monoisotopic (exact) mass is 469 g/mol. The lowest BCUT2D eigenvalue weighted by atomic mass is 10.1. The molecule has 0 aliphatic heterocycles. The summed E-state index contributed by atoms with van der Waals surface area (Å²) in [5.74, 6) is -0.234. The molecule has 0 fully saturated rings. The van der Waals surface area contributed by atoms with Gasteiger partial charge >= 0.3 is 0 Å². The van der Waals surface area contributed by atoms with Gasteiger partial charge in [-0.15, -0.1) is 0 Å². The van der Waals surface area contributed by atoms with Crippen molar-refractivity contribution in [3.05, 3.63) is 83.0 Å². The summed E-state index contributed by atoms with van der Waals surface area (Å²) in [6.45, 7) is 5.98. The molecule has 3 rings (SSSR count). The minimum atomic E-state index is -3.49. The molecule has 0 saturated carbocycles. The molecule has 6 nitrogen and oxygen atoms in total. The van der Waals surface area contributed by atoms with Crippen molar-refractivity contribution < 1.29 is 13.2 Å². The summed E-state index contributed by atoms with van der Waals surface area (Å²) in [5, 5.41) is 3.62. The van der Waals surface area contributed by atoms with E-state index in [1.165, 1.54) is 41.3 Å². The second-order valence-electron chi connectivity index (χ2n) is 7.76. The number of hydrogen-bond donors (Lipinski definition) is 1. The molecule has 0 saturated heterocycles. The van der Waals surface area contributed by atoms with Crippen LogP contribution >= 0.6 is 11.8 Å². The Balaban J connectivity index is 1.76. The molecule has 1 heterocycles. The lowest BCUT2D eigenvalue weighted by molar-refractivity contribution is 0.0936. The highest BCUT2D eigenvalue weighted by Gasteiger charge is 2.19. The van der Waals surface area contributed by atoms with Crippen LogP contribution in [0.5, 0.6) is 0 Å². The van der Waals surface area contributed by atoms with Crippen molar-refractivity contribution >= 4 is 27.7 Å². The smallest absolute Gasteiger partial charge is 0.254 e. The fourth-order valence-electron chi connectivity index (χ4n) is 3.03. The Bertz CT molecular complexity index is 1220. The number of nitrogens with one attached hydrogen (secondary N) is 1. The zero-order valence-electron chi connectivity index (χ0n) is 18.8. The van der Waals surface area contributed by atoms with E-state index in [2.05, 4.69) is 36.3 Å². The van der Waals surface area contributed by atoms with Crippen molar-refractivity contribution in [2.24, 2.45) is 0 Å². The number of rotatable bonds is 7. The first-order valence-corrected chi connectivity index (χ1v) is 12.4. The highest BCUT2D eigenvalue weighted by Crippen LogP contribution is 2.30. The first-order chi connectivity index (χ1) is 15.1. The van der Waals surface area contributed by atoms with Crippen LogP contribution in [0, 0.1) is 13.8 Å². The van der Waals surface area contributed by atoms with E-state index in [1.807, 2.05) is 13.0 Å². The highest BCUT2D eigenvalue weighted by atomic mass is 32.2. The number of carbonyl (C=O) groups excluding carboxylic acids is 1. The van der Waals surface area contributed by atoms with E-state index in [0.717, 1.165) is 10.5 Å². The number of nitrogens with zero attached hydrogens (tertiary/aromatic N) is 2. The molecule has 0 aliphatic rings. The van der Waals surface area contributed by atoms with Gasteiger partial charge in [0.05, 0.1) is 16.5 Å². The van der Waals surface area contributed by atoms with E-state index in [4.69, 9.17) is 0 Å². The van der Waals surface area contributed by atoms with Crippen LogP contribution in [0.2, 0.25) is 0 Å². The standard InChI is InChI=1S/C24H27N3O3S2/c1-16-8-11-20(15-17(16)2)31-24-22(7-6-14-25-24)23(28)26-18(3)19-9-12-21(13-10-19)32(29,30)27(4)5/h6-15,18H,1-5H3,(H,26,28). The van der Waals surface area contributed by atoms with Crippen LogP contribution in [-0.2, 0) is 10.0 Å². The number of hydrogen-bond acceptors (Lipinski definition) is 5. The number of aromatic nitrogens is 1. The third-order valence-corrected chi connectivity index (χ3v) is 8.05. The molecule has 0 aliphatic carbocycles. The Labute approximate surface area is 194 Å². The number of amides is 1. The van der Waals surface area contributed by atoms with Gasteiger partial charge in [-0.05, 0) is 73.9 Å². The fraction of sp³-hybridized carbons (Fsp3) is 0.250. The van der Waals surface area contributed by atoms with Gasteiger partial charge in [0.1, 0.15) is 5.03 Å². The third kappa shape index (κ3) is 5.38. The van der Waals surface area contributed by atoms with Crippen LogP contribution in [0.3, 0.4) is 0 Å². The van der Waals surface area contributed by atoms with Gasteiger partial charge in [0.15, 0.2) is 0 Å². The SMILES string of the molecule is Cc1ccc(Sc2ncccc2C(=O)NC(C)c2ccc(S(=O)(=O)N(C)C)cc2)cc1C. The van der Waals surface area contributed by atoms with Crippen LogP contribution in [0.25, 0.3) is 0 Å². The molecule has 0 radical (unpaired) electrons. The van der Waals surface area contributed by atoms with Gasteiger partial charge in [0.25, 0.3) is 5.91 Å². The predicted molar refractivity (Wildman–Crippen MR) is 127 cm³/mol. The van der Waals surface area contributed by atoms with Crippen LogP contribution in [0.4, 0.5) is 0 Å². The summed E-state index contributed by atoms with van der Waals surface area (Å²) < 4.78 is 25.7. The molecule has 168 valence electrons. The van der Waals surface area contributed by atoms with Gasteiger partial charge in [-0.25, -0.2) is 17.7 Å². The Morgan fingerprint density at radius 1 is 1.03 bits per heavy atom. The first kappa shape index (κ1) is 24.0. The quantitative estimate of drug-likeness (QED) is 0.547. The molecule has 2 aromatic carbocycles. The van der Waals surface area contributed by atoms with Gasteiger partial charge in [0, 0.05) is 25.2 Å². The van der Waals surface area contributed by atoms with E-state index in [-0.39, 0.29) is 16.8 Å². The van der Waals surface area contributed by atoms with E-state index in [1.54, 1.807) is 42.6 Å². The largest absolute Gasteiger partial charge is 0.345 e. The Hall–Kier alpha value is -2.68. The van der Waals surface area contributed by atoms with Crippen molar-refractivity contribution in [1.82, 2.24) is 14.6 Å². The number of pyridine rings is 1. The van der Waals surface area contributed by atoms with E-state index < -0.39 is 10.0 Å². The average molecular weight is 470 g/mol. The zero-order valence-corrected chi connectivity index (χ0v) is 20.4. The summed E-state index contributed by atoms with van der Waals surface area (Å²) in [4.78, 5) is 18.7. The summed E-state index contributed by atoms with van der Waals surface area (Å²) in [7, 11) is -0.505. The zero-order chi connectivity index (χ0) is 23.5. The fourth-order valence-corrected chi connectivity index (χ4v) is 4.91. The predicted octanol–water partition coefficient (Wildman–Crippen LogP) is 4.59. The van der Waals surface area contributed by atoms with Crippen LogP contribution in [0.1, 0.15) is 40.0 Å². The molecule has 0 bridgehead atoms. The number of sulfonamides is 1. The third-order valence-electron chi connectivity index (χ3n) is 5.21. The van der Waals surface area contributed by atoms with Crippen molar-refractivity contribution in [2.45, 2.75) is 41.6 Å². The molecule has 1 unspecified atom stereocenters. The van der Waals surface area contributed by atoms with Crippen molar-refractivity contribution in [2.75, 3.05) is 14.1 Å². The molecule has 1 N–H and O–H groups in total. The topological polar surface area (TPSA) is 79.4 Å². The van der Waals surface area contributed by atoms with Crippen molar-refractivity contribution in [3.8, 4) is 0 Å². The van der Waals surface area contributed by atoms with E-state index in [9.17, 15) is 13.2 Å². The second-order valence-corrected chi connectivity index (χ2v) is 11.0. The number of aryl methyl sites for hydroxylation is 2. The van der Waals surface area contributed by atoms with Crippen LogP contribution < -0.4 is 5.32 Å². The summed E-state index contributed by atoms with van der Waals surface area (Å²) in [5.41, 5.74) is 3.70. The first-order valence-electron chi connectivity index (χ1n) is 10.1. The maximum atomic E-state index is 13.0. The van der Waals surface area contributed by atoms with Gasteiger partial charge in [-0.2, -0.15) is 0 Å². The Morgan fingerprint density at radius 2 is 1.72 bits per heavy atom. The molecule has 0 spiro atoms. The average Bonchev–Trinajstić information content (AvgIpc) is 2.76. The van der Waals surface area contributed by atoms with Gasteiger partial charge in [0.2, 0.25) is 10.0 Å². The minimum absolute atomic E-state index is 0.212. The second kappa shape index (κ2) is 9.85. The lowest BCUT2D eigenvalue weighted by Gasteiger charge is -2.17. The number of benzene rings is 2. The van der Waals surface area contributed by atoms with Gasteiger partial charge in [-0.1, -0.05) is 30.0 Å². The van der Waals surface area contributed by atoms with Gasteiger partial charge < -0.3 is 5.32 Å². The maximum absolute atomic E-state index is 13.0. The molecule has 1 amide bonds. The van der Waals surface area contributed by atoms with Crippen LogP contribution in [-0.4, -0.2) is 37.7 Å². The molecule has 3 aromatic rings. The maximum Gasteiger partial charge on any atom is 0.254 e. The van der Waals surface area contributed by atoms with Gasteiger partial charge in [-0.3, -0.25) is 4.79 Å². The van der Waals surface area contributed by atoms with Crippen molar-refractivity contribution in [3.63, 3.8) is 0 Å². The lowest BCUT2D eigenvalue weighted by Crippen LogP contribution is -2.27. The van der Waals surface area contributed by atoms with E-state index in [0.29, 0.717) is 10.6 Å². The summed E-state index contributed by atoms with van der Waals surface area (Å²) >= 11 is 1.45. The molecule has 8 heteroatoms. The molecule has 1 aromatic heterocycles. The Kier molecular flexibility index (Phi) is 7.38. The van der Waals surface area contributed by atoms with Crippen LogP contribution in [0.15, 0.2) is 75.6 Å². The Morgan fingerprint density at radius 3 is 2.34 bits per heavy atom. The normalized spacial score (nSPS) is 12.6. The number of carbonyl (C=O) groups is 1. The molecular formula is C24H27N3O3S2. The molecule has 1 atom stereocenters. The molecular weight excluding hydrogens is 442 g/mol. The summed E-state index contributed by atoms with van der Waals surface area (Å²) in [6, 6.07) is 15.9. The van der Waals surface area contributed by atoms with E-state index >= 15 is 0 Å². The highest BCUT2D eigenvalue weighted by molar-refractivity contribution is 7.99. The minimum Gasteiger partial charge on any atom is -0.345 e. The summed E-state index contributed by atoms with van der Waals surface area (Å²) in [6.07, 6.45) is 1.67.